The molecule has 0 spiro atoms. The van der Waals surface area contributed by atoms with Gasteiger partial charge in [-0.2, -0.15) is 0 Å². The van der Waals surface area contributed by atoms with Crippen molar-refractivity contribution >= 4 is 29.9 Å². The number of rotatable bonds is 11. The van der Waals surface area contributed by atoms with Crippen LogP contribution in [0.15, 0.2) is 4.99 Å². The Morgan fingerprint density at radius 3 is 2.41 bits per heavy atom. The minimum Gasteiger partial charge on any atom is -0.379 e. The number of morpholine rings is 1. The van der Waals surface area contributed by atoms with Gasteiger partial charge in [0.1, 0.15) is 0 Å². The lowest BCUT2D eigenvalue weighted by atomic mass is 9.92. The summed E-state index contributed by atoms with van der Waals surface area (Å²) in [5, 5.41) is 7.09. The molecule has 2 fully saturated rings. The Hall–Kier alpha value is -0.120. The minimum absolute atomic E-state index is 0. The maximum Gasteiger partial charge on any atom is 0.191 e. The Morgan fingerprint density at radius 1 is 1.07 bits per heavy atom. The molecule has 0 aromatic heterocycles. The summed E-state index contributed by atoms with van der Waals surface area (Å²) in [5.74, 6) is 2.42. The maximum absolute atomic E-state index is 5.58. The van der Waals surface area contributed by atoms with Gasteiger partial charge in [-0.15, -0.1) is 24.0 Å². The molecule has 2 saturated heterocycles. The van der Waals surface area contributed by atoms with Crippen molar-refractivity contribution in [2.45, 2.75) is 59.4 Å². The lowest BCUT2D eigenvalue weighted by Gasteiger charge is -2.38. The van der Waals surface area contributed by atoms with E-state index < -0.39 is 0 Å². The molecule has 7 heteroatoms. The third-order valence-electron chi connectivity index (χ3n) is 6.36. The van der Waals surface area contributed by atoms with E-state index in [1.165, 1.54) is 45.3 Å². The summed E-state index contributed by atoms with van der Waals surface area (Å²) in [5.41, 5.74) is 0. The van der Waals surface area contributed by atoms with Crippen molar-refractivity contribution in [2.75, 3.05) is 65.6 Å². The van der Waals surface area contributed by atoms with E-state index in [0.29, 0.717) is 12.0 Å². The minimum atomic E-state index is 0. The van der Waals surface area contributed by atoms with Gasteiger partial charge in [-0.25, -0.2) is 0 Å². The second kappa shape index (κ2) is 15.6. The smallest absolute Gasteiger partial charge is 0.191 e. The molecular weight excluding hydrogens is 477 g/mol. The van der Waals surface area contributed by atoms with Gasteiger partial charge in [0.05, 0.1) is 19.8 Å². The van der Waals surface area contributed by atoms with Gasteiger partial charge < -0.3 is 20.3 Å². The first kappa shape index (κ1) is 26.9. The maximum atomic E-state index is 5.58. The van der Waals surface area contributed by atoms with Crippen molar-refractivity contribution in [1.29, 1.82) is 0 Å². The molecule has 0 saturated carbocycles. The third-order valence-corrected chi connectivity index (χ3v) is 6.36. The van der Waals surface area contributed by atoms with Crippen molar-refractivity contribution in [3.63, 3.8) is 0 Å². The molecule has 6 nitrogen and oxygen atoms in total. The molecular formula is C22H46IN5O. The Kier molecular flexibility index (Phi) is 14.5. The molecule has 2 aliphatic heterocycles. The van der Waals surface area contributed by atoms with Crippen LogP contribution in [0, 0.1) is 11.8 Å². The average molecular weight is 524 g/mol. The van der Waals surface area contributed by atoms with Crippen LogP contribution >= 0.6 is 24.0 Å². The Balaban J connectivity index is 0.00000420. The third kappa shape index (κ3) is 9.27. The molecule has 2 N–H and O–H groups in total. The van der Waals surface area contributed by atoms with Crippen molar-refractivity contribution < 1.29 is 4.74 Å². The van der Waals surface area contributed by atoms with Crippen molar-refractivity contribution in [3.05, 3.63) is 0 Å². The molecule has 0 aliphatic carbocycles. The number of aliphatic imine (C=N–C) groups is 1. The number of likely N-dealkylation sites (tertiary alicyclic amines) is 1. The normalized spacial score (nSPS) is 22.5. The van der Waals surface area contributed by atoms with Crippen LogP contribution in [0.5, 0.6) is 0 Å². The fraction of sp³-hybridized carbons (Fsp3) is 0.955. The van der Waals surface area contributed by atoms with E-state index in [-0.39, 0.29) is 24.0 Å². The van der Waals surface area contributed by atoms with Crippen molar-refractivity contribution in [3.8, 4) is 0 Å². The monoisotopic (exact) mass is 523 g/mol. The van der Waals surface area contributed by atoms with Gasteiger partial charge in [0.15, 0.2) is 5.96 Å². The molecule has 2 atom stereocenters. The second-order valence-electron chi connectivity index (χ2n) is 8.35. The summed E-state index contributed by atoms with van der Waals surface area (Å²) in [7, 11) is 0. The second-order valence-corrected chi connectivity index (χ2v) is 8.35. The number of nitrogens with zero attached hydrogens (tertiary/aromatic N) is 3. The predicted octanol–water partition coefficient (Wildman–Crippen LogP) is 3.03. The molecule has 172 valence electrons. The van der Waals surface area contributed by atoms with Gasteiger partial charge in [-0.1, -0.05) is 33.6 Å². The van der Waals surface area contributed by atoms with Gasteiger partial charge in [-0.05, 0) is 44.7 Å². The first-order chi connectivity index (χ1) is 13.7. The first-order valence-electron chi connectivity index (χ1n) is 11.8. The molecule has 0 radical (unpaired) electrons. The van der Waals surface area contributed by atoms with Gasteiger partial charge in [0.2, 0.25) is 0 Å². The molecule has 2 rings (SSSR count). The fourth-order valence-corrected chi connectivity index (χ4v) is 4.67. The highest BCUT2D eigenvalue weighted by Crippen LogP contribution is 2.20. The topological polar surface area (TPSA) is 52.1 Å². The van der Waals surface area contributed by atoms with Gasteiger partial charge >= 0.3 is 0 Å². The van der Waals surface area contributed by atoms with Crippen LogP contribution in [-0.2, 0) is 4.74 Å². The van der Waals surface area contributed by atoms with Crippen LogP contribution in [-0.4, -0.2) is 87.4 Å². The summed E-state index contributed by atoms with van der Waals surface area (Å²) >= 11 is 0. The lowest BCUT2D eigenvalue weighted by Crippen LogP contribution is -2.49. The van der Waals surface area contributed by atoms with E-state index >= 15 is 0 Å². The number of ether oxygens (including phenoxy) is 1. The largest absolute Gasteiger partial charge is 0.379 e. The summed E-state index contributed by atoms with van der Waals surface area (Å²) < 4.78 is 5.58. The highest BCUT2D eigenvalue weighted by Gasteiger charge is 2.27. The van der Waals surface area contributed by atoms with Gasteiger partial charge in [0, 0.05) is 38.8 Å². The summed E-state index contributed by atoms with van der Waals surface area (Å²) in [6.07, 6.45) is 4.99. The average Bonchev–Trinajstić information content (AvgIpc) is 3.17. The molecule has 2 unspecified atom stereocenters. The van der Waals surface area contributed by atoms with Crippen molar-refractivity contribution in [2.24, 2.45) is 16.8 Å². The quantitative estimate of drug-likeness (QED) is 0.248. The zero-order valence-corrected chi connectivity index (χ0v) is 21.6. The standard InChI is InChI=1S/C22H45N5O.HI/c1-5-10-26-11-9-19(18-26)16-24-22(23-8-4)25-17-21(20(6-2)7-3)27-12-14-28-15-13-27;/h19-21H,5-18H2,1-4H3,(H2,23,24,25);1H. The van der Waals surface area contributed by atoms with Crippen molar-refractivity contribution in [1.82, 2.24) is 20.4 Å². The number of hydrogen-bond acceptors (Lipinski definition) is 4. The highest BCUT2D eigenvalue weighted by molar-refractivity contribution is 14.0. The predicted molar refractivity (Wildman–Crippen MR) is 134 cm³/mol. The SMILES string of the molecule is CCCN1CCC(CNC(=NCC(C(CC)CC)N2CCOCC2)NCC)C1.I. The molecule has 2 heterocycles. The van der Waals surface area contributed by atoms with E-state index in [0.717, 1.165) is 57.8 Å². The highest BCUT2D eigenvalue weighted by atomic mass is 127. The van der Waals surface area contributed by atoms with Gasteiger partial charge in [-0.3, -0.25) is 9.89 Å². The number of halogens is 1. The zero-order chi connectivity index (χ0) is 20.2. The van der Waals surface area contributed by atoms with Crippen LogP contribution in [0.2, 0.25) is 0 Å². The van der Waals surface area contributed by atoms with Crippen LogP contribution in [0.4, 0.5) is 0 Å². The lowest BCUT2D eigenvalue weighted by molar-refractivity contribution is 0.00395. The Bertz CT molecular complexity index is 441. The number of guanidine groups is 1. The molecule has 29 heavy (non-hydrogen) atoms. The molecule has 0 aromatic carbocycles. The first-order valence-corrected chi connectivity index (χ1v) is 11.8. The zero-order valence-electron chi connectivity index (χ0n) is 19.3. The number of hydrogen-bond donors (Lipinski definition) is 2. The van der Waals surface area contributed by atoms with E-state index in [9.17, 15) is 0 Å². The van der Waals surface area contributed by atoms with E-state index in [2.05, 4.69) is 48.1 Å². The summed E-state index contributed by atoms with van der Waals surface area (Å²) in [6, 6.07) is 0.515. The van der Waals surface area contributed by atoms with E-state index in [1.54, 1.807) is 0 Å². The number of nitrogens with one attached hydrogen (secondary N) is 2. The summed E-state index contributed by atoms with van der Waals surface area (Å²) in [6.45, 7) is 19.4. The van der Waals surface area contributed by atoms with Gasteiger partial charge in [0.25, 0.3) is 0 Å². The van der Waals surface area contributed by atoms with Crippen LogP contribution in [0.1, 0.15) is 53.4 Å². The Labute approximate surface area is 196 Å². The molecule has 0 aromatic rings. The summed E-state index contributed by atoms with van der Waals surface area (Å²) in [4.78, 5) is 10.2. The van der Waals surface area contributed by atoms with E-state index in [4.69, 9.17) is 9.73 Å². The van der Waals surface area contributed by atoms with Crippen LogP contribution in [0.25, 0.3) is 0 Å². The molecule has 0 amide bonds. The fourth-order valence-electron chi connectivity index (χ4n) is 4.67. The van der Waals surface area contributed by atoms with Crippen LogP contribution < -0.4 is 10.6 Å². The molecule has 2 aliphatic rings. The van der Waals surface area contributed by atoms with Crippen LogP contribution in [0.3, 0.4) is 0 Å². The molecule has 0 bridgehead atoms. The Morgan fingerprint density at radius 2 is 1.79 bits per heavy atom. The van der Waals surface area contributed by atoms with E-state index in [1.807, 2.05) is 0 Å².